The smallest absolute Gasteiger partial charge is 0.164 e. The van der Waals surface area contributed by atoms with Crippen molar-refractivity contribution >= 4 is 28.2 Å². The summed E-state index contributed by atoms with van der Waals surface area (Å²) in [7, 11) is 0. The fourth-order valence-electron chi connectivity index (χ4n) is 10.0. The third kappa shape index (κ3) is 5.53. The van der Waals surface area contributed by atoms with Gasteiger partial charge >= 0.3 is 0 Å². The van der Waals surface area contributed by atoms with E-state index in [4.69, 9.17) is 15.0 Å². The van der Waals surface area contributed by atoms with Crippen molar-refractivity contribution in [3.63, 3.8) is 0 Å². The van der Waals surface area contributed by atoms with E-state index in [0.29, 0.717) is 17.5 Å². The first-order valence-corrected chi connectivity index (χ1v) is 20.7. The van der Waals surface area contributed by atoms with Crippen molar-refractivity contribution in [2.45, 2.75) is 64.7 Å². The highest BCUT2D eigenvalue weighted by atomic mass is 15.2. The van der Waals surface area contributed by atoms with E-state index in [-0.39, 0.29) is 16.2 Å². The van der Waals surface area contributed by atoms with E-state index in [9.17, 15) is 0 Å². The lowest BCUT2D eigenvalue weighted by atomic mass is 9.73. The van der Waals surface area contributed by atoms with Gasteiger partial charge in [0.15, 0.2) is 17.5 Å². The van der Waals surface area contributed by atoms with Crippen LogP contribution in [-0.4, -0.2) is 15.0 Å². The van der Waals surface area contributed by atoms with Gasteiger partial charge in [-0.3, -0.25) is 0 Å². The topological polar surface area (TPSA) is 41.9 Å². The van der Waals surface area contributed by atoms with Crippen LogP contribution in [0, 0.1) is 0 Å². The molecule has 2 heterocycles. The van der Waals surface area contributed by atoms with Crippen LogP contribution in [0.25, 0.3) is 45.0 Å². The molecule has 1 aliphatic heterocycles. The van der Waals surface area contributed by atoms with Crippen LogP contribution < -0.4 is 4.90 Å². The van der Waals surface area contributed by atoms with E-state index in [1.54, 1.807) is 0 Å². The Labute approximate surface area is 348 Å². The average molecular weight is 765 g/mol. The van der Waals surface area contributed by atoms with Crippen LogP contribution in [0.3, 0.4) is 0 Å². The Morgan fingerprint density at radius 1 is 0.508 bits per heavy atom. The van der Waals surface area contributed by atoms with Crippen LogP contribution in [0.5, 0.6) is 0 Å². The summed E-state index contributed by atoms with van der Waals surface area (Å²) < 4.78 is 0. The van der Waals surface area contributed by atoms with Gasteiger partial charge in [-0.1, -0.05) is 157 Å². The highest BCUT2D eigenvalue weighted by Crippen LogP contribution is 2.53. The molecule has 4 nitrogen and oxygen atoms in total. The molecule has 0 amide bonds. The third-order valence-corrected chi connectivity index (χ3v) is 13.3. The summed E-state index contributed by atoms with van der Waals surface area (Å²) >= 11 is 0. The molecule has 10 rings (SSSR count). The molecular formula is C55H48N4. The molecule has 0 fully saturated rings. The van der Waals surface area contributed by atoms with Crippen molar-refractivity contribution in [3.8, 4) is 33.9 Å². The molecule has 0 atom stereocenters. The largest absolute Gasteiger partial charge is 0.310 e. The molecule has 0 N–H and O–H groups in total. The van der Waals surface area contributed by atoms with Gasteiger partial charge in [0.05, 0.1) is 11.4 Å². The van der Waals surface area contributed by atoms with Crippen LogP contribution in [0.4, 0.5) is 17.1 Å². The summed E-state index contributed by atoms with van der Waals surface area (Å²) in [6, 6.07) is 50.3. The Morgan fingerprint density at radius 3 is 1.63 bits per heavy atom. The number of para-hydroxylation sites is 2. The molecule has 59 heavy (non-hydrogen) atoms. The lowest BCUT2D eigenvalue weighted by Gasteiger charge is -2.42. The summed E-state index contributed by atoms with van der Waals surface area (Å²) in [6.45, 7) is 20.2. The zero-order valence-corrected chi connectivity index (χ0v) is 34.9. The minimum atomic E-state index is -0.211. The van der Waals surface area contributed by atoms with Crippen molar-refractivity contribution in [2.75, 3.05) is 4.90 Å². The van der Waals surface area contributed by atoms with Crippen LogP contribution in [0.2, 0.25) is 0 Å². The van der Waals surface area contributed by atoms with E-state index in [1.165, 1.54) is 61.5 Å². The highest BCUT2D eigenvalue weighted by molar-refractivity contribution is 5.90. The normalized spacial score (nSPS) is 16.5. The van der Waals surface area contributed by atoms with Gasteiger partial charge < -0.3 is 4.90 Å². The average Bonchev–Trinajstić information content (AvgIpc) is 3.62. The second kappa shape index (κ2) is 13.2. The number of rotatable bonds is 6. The van der Waals surface area contributed by atoms with E-state index >= 15 is 0 Å². The molecule has 7 aromatic rings. The Kier molecular flexibility index (Phi) is 8.20. The summed E-state index contributed by atoms with van der Waals surface area (Å²) in [6.07, 6.45) is 4.25. The van der Waals surface area contributed by atoms with Crippen molar-refractivity contribution in [2.24, 2.45) is 0 Å². The quantitative estimate of drug-likeness (QED) is 0.169. The fourth-order valence-corrected chi connectivity index (χ4v) is 10.0. The SMILES string of the molecule is C=CC1=C(/C=C(\C)c2nc(-c3ccc(N4c5ccccc5C(C)(C)c5ccccc54)cc3)nc(-c3ccc4c(c3)C(C)(C)c3ccccc3-4)n2)C(C)(C)c2ccccc21. The molecule has 0 unspecified atom stereocenters. The molecule has 0 spiro atoms. The summed E-state index contributed by atoms with van der Waals surface area (Å²) in [5, 5.41) is 0. The van der Waals surface area contributed by atoms with E-state index in [0.717, 1.165) is 28.0 Å². The standard InChI is InChI=1S/C55H48N4/c1-9-38-39-18-10-12-20-42(39)53(3,4)46(38)32-34(2)50-56-51(58-52(57-50)36-28-31-41-40-19-11-13-21-43(40)54(5,6)47(41)33-36)35-26-29-37(30-27-35)59-48-24-16-14-22-44(48)55(7,8)45-23-15-17-25-49(45)59/h9-33H,1H2,2-8H3/b34-32+. The fraction of sp³-hybridized carbons (Fsp3) is 0.182. The maximum atomic E-state index is 5.25. The molecule has 3 aliphatic rings. The maximum absolute atomic E-state index is 5.25. The van der Waals surface area contributed by atoms with Crippen LogP contribution in [-0.2, 0) is 16.2 Å². The molecule has 0 saturated carbocycles. The number of hydrogen-bond acceptors (Lipinski definition) is 4. The van der Waals surface area contributed by atoms with Gasteiger partial charge in [-0.05, 0) is 111 Å². The van der Waals surface area contributed by atoms with Gasteiger partial charge in [0, 0.05) is 33.1 Å². The Bertz CT molecular complexity index is 2890. The Morgan fingerprint density at radius 2 is 1.00 bits per heavy atom. The van der Waals surface area contributed by atoms with Gasteiger partial charge in [-0.25, -0.2) is 15.0 Å². The molecular weight excluding hydrogens is 717 g/mol. The monoisotopic (exact) mass is 764 g/mol. The van der Waals surface area contributed by atoms with Crippen LogP contribution in [0.15, 0.2) is 164 Å². The minimum absolute atomic E-state index is 0.124. The third-order valence-electron chi connectivity index (χ3n) is 13.3. The van der Waals surface area contributed by atoms with E-state index in [1.807, 2.05) is 6.08 Å². The molecule has 1 aromatic heterocycles. The van der Waals surface area contributed by atoms with E-state index < -0.39 is 0 Å². The van der Waals surface area contributed by atoms with Gasteiger partial charge in [-0.2, -0.15) is 0 Å². The number of aromatic nitrogens is 3. The Balaban J connectivity index is 1.11. The summed E-state index contributed by atoms with van der Waals surface area (Å²) in [4.78, 5) is 18.1. The molecule has 0 saturated heterocycles. The van der Waals surface area contributed by atoms with Crippen molar-refractivity contribution in [1.29, 1.82) is 0 Å². The van der Waals surface area contributed by atoms with Crippen molar-refractivity contribution < 1.29 is 0 Å². The van der Waals surface area contributed by atoms with Gasteiger partial charge in [0.1, 0.15) is 0 Å². The number of fused-ring (bicyclic) bond motifs is 6. The first kappa shape index (κ1) is 36.7. The van der Waals surface area contributed by atoms with Gasteiger partial charge in [0.2, 0.25) is 0 Å². The molecule has 6 aromatic carbocycles. The van der Waals surface area contributed by atoms with Crippen molar-refractivity contribution in [1.82, 2.24) is 15.0 Å². The van der Waals surface area contributed by atoms with E-state index in [2.05, 4.69) is 206 Å². The highest BCUT2D eigenvalue weighted by Gasteiger charge is 2.38. The molecule has 4 heteroatoms. The van der Waals surface area contributed by atoms with Gasteiger partial charge in [0.25, 0.3) is 0 Å². The second-order valence-corrected chi connectivity index (χ2v) is 17.8. The minimum Gasteiger partial charge on any atom is -0.310 e. The summed E-state index contributed by atoms with van der Waals surface area (Å²) in [5.41, 5.74) is 18.6. The van der Waals surface area contributed by atoms with Crippen LogP contribution >= 0.6 is 0 Å². The first-order chi connectivity index (χ1) is 28.4. The zero-order chi connectivity index (χ0) is 40.8. The number of allylic oxidation sites excluding steroid dienone is 5. The molecule has 2 aliphatic carbocycles. The predicted molar refractivity (Wildman–Crippen MR) is 245 cm³/mol. The molecule has 0 bridgehead atoms. The van der Waals surface area contributed by atoms with Crippen molar-refractivity contribution in [3.05, 3.63) is 203 Å². The Hall–Kier alpha value is -6.65. The molecule has 288 valence electrons. The van der Waals surface area contributed by atoms with Crippen LogP contribution in [0.1, 0.15) is 87.7 Å². The van der Waals surface area contributed by atoms with Gasteiger partial charge in [-0.15, -0.1) is 0 Å². The lowest BCUT2D eigenvalue weighted by Crippen LogP contribution is -2.30. The predicted octanol–water partition coefficient (Wildman–Crippen LogP) is 14.0. The number of hydrogen-bond donors (Lipinski definition) is 0. The second-order valence-electron chi connectivity index (χ2n) is 17.8. The first-order valence-electron chi connectivity index (χ1n) is 20.7. The number of anilines is 3. The lowest BCUT2D eigenvalue weighted by molar-refractivity contribution is 0.632. The zero-order valence-electron chi connectivity index (χ0n) is 34.9. The maximum Gasteiger partial charge on any atom is 0.164 e. The number of nitrogens with zero attached hydrogens (tertiary/aromatic N) is 4. The summed E-state index contributed by atoms with van der Waals surface area (Å²) in [5.74, 6) is 1.95. The number of benzene rings is 6. The molecule has 0 radical (unpaired) electrons.